The summed E-state index contributed by atoms with van der Waals surface area (Å²) in [7, 11) is -3.58. The van der Waals surface area contributed by atoms with Gasteiger partial charge in [0.05, 0.1) is 13.2 Å². The summed E-state index contributed by atoms with van der Waals surface area (Å²) in [5.74, 6) is -0.535. The maximum absolute atomic E-state index is 14.0. The molecule has 0 saturated heterocycles. The van der Waals surface area contributed by atoms with Crippen molar-refractivity contribution in [1.29, 1.82) is 0 Å². The third-order valence-corrected chi connectivity index (χ3v) is 10.9. The number of rotatable bonds is 35. The first-order valence-corrected chi connectivity index (χ1v) is 20.3. The Balaban J connectivity index is 4.54. The molecule has 0 heterocycles. The average molecular weight is 616 g/mol. The summed E-state index contributed by atoms with van der Waals surface area (Å²) in [6.45, 7) is 7.51. The summed E-state index contributed by atoms with van der Waals surface area (Å²) in [5.41, 5.74) is 4.98. The van der Waals surface area contributed by atoms with Crippen molar-refractivity contribution in [3.05, 3.63) is 0 Å². The molecule has 0 aliphatic carbocycles. The third kappa shape index (κ3) is 26.1. The first-order chi connectivity index (χ1) is 20.5. The predicted octanol–water partition coefficient (Wildman–Crippen LogP) is 12.4. The van der Waals surface area contributed by atoms with E-state index in [0.717, 1.165) is 44.9 Å². The molecule has 0 spiro atoms. The van der Waals surface area contributed by atoms with Crippen molar-refractivity contribution < 1.29 is 18.4 Å². The van der Waals surface area contributed by atoms with E-state index in [2.05, 4.69) is 20.8 Å². The van der Waals surface area contributed by atoms with Gasteiger partial charge >= 0.3 is 7.60 Å². The largest absolute Gasteiger partial charge is 0.369 e. The van der Waals surface area contributed by atoms with E-state index in [1.54, 1.807) is 0 Å². The molecule has 0 radical (unpaired) electrons. The van der Waals surface area contributed by atoms with Crippen LogP contribution in [0, 0.1) is 0 Å². The van der Waals surface area contributed by atoms with Crippen LogP contribution in [-0.2, 0) is 18.4 Å². The summed E-state index contributed by atoms with van der Waals surface area (Å²) in [5, 5.41) is 0. The van der Waals surface area contributed by atoms with Crippen molar-refractivity contribution in [3.63, 3.8) is 0 Å². The normalized spacial score (nSPS) is 12.6. The van der Waals surface area contributed by atoms with E-state index in [0.29, 0.717) is 19.6 Å². The van der Waals surface area contributed by atoms with Crippen LogP contribution in [0.15, 0.2) is 0 Å². The number of hydrogen-bond donors (Lipinski definition) is 1. The van der Waals surface area contributed by atoms with Gasteiger partial charge in [-0.05, 0) is 19.3 Å². The Labute approximate surface area is 263 Å². The number of carbonyl (C=O) groups excluding carboxylic acids is 1. The lowest BCUT2D eigenvalue weighted by Gasteiger charge is -2.25. The molecule has 6 heteroatoms. The van der Waals surface area contributed by atoms with E-state index in [4.69, 9.17) is 14.8 Å². The molecule has 0 fully saturated rings. The summed E-state index contributed by atoms with van der Waals surface area (Å²) in [4.78, 5) is 12.5. The predicted molar refractivity (Wildman–Crippen MR) is 183 cm³/mol. The zero-order valence-electron chi connectivity index (χ0n) is 28.7. The Morgan fingerprint density at radius 2 is 0.738 bits per heavy atom. The quantitative estimate of drug-likeness (QED) is 0.0568. The minimum Gasteiger partial charge on any atom is -0.369 e. The molecule has 0 aromatic carbocycles. The zero-order chi connectivity index (χ0) is 31.0. The fourth-order valence-corrected chi connectivity index (χ4v) is 7.72. The Hall–Kier alpha value is -0.380. The standard InChI is InChI=1S/C36H74NO4P/c1-4-7-10-13-16-19-21-24-27-30-33-40-42(39,41-34-31-28-25-22-20-17-14-11-8-5-2)35(36(37)38)32-29-26-23-18-15-12-9-6-3/h35H,4-34H2,1-3H3,(H2,37,38). The SMILES string of the molecule is CCCCCCCCCCCCOP(=O)(OCCCCCCCCCCCC)C(CCCCCCCCCC)C(N)=O. The highest BCUT2D eigenvalue weighted by molar-refractivity contribution is 7.55. The molecule has 0 aromatic rings. The number of nitrogens with two attached hydrogens (primary N) is 1. The second-order valence-electron chi connectivity index (χ2n) is 12.8. The van der Waals surface area contributed by atoms with Crippen LogP contribution in [0.2, 0.25) is 0 Å². The molecule has 0 aliphatic heterocycles. The third-order valence-electron chi connectivity index (χ3n) is 8.58. The minimum absolute atomic E-state index is 0.382. The van der Waals surface area contributed by atoms with Gasteiger partial charge in [0.25, 0.3) is 0 Å². The molecule has 0 rings (SSSR count). The number of amides is 1. The van der Waals surface area contributed by atoms with Crippen molar-refractivity contribution in [3.8, 4) is 0 Å². The van der Waals surface area contributed by atoms with E-state index in [1.165, 1.54) is 135 Å². The molecule has 1 atom stereocenters. The monoisotopic (exact) mass is 616 g/mol. The van der Waals surface area contributed by atoms with Crippen LogP contribution in [0.4, 0.5) is 0 Å². The number of carbonyl (C=O) groups is 1. The molecule has 0 aliphatic rings. The lowest BCUT2D eigenvalue weighted by Crippen LogP contribution is -2.30. The Morgan fingerprint density at radius 3 is 1.02 bits per heavy atom. The maximum atomic E-state index is 14.0. The zero-order valence-corrected chi connectivity index (χ0v) is 29.5. The fourth-order valence-electron chi connectivity index (χ4n) is 5.71. The van der Waals surface area contributed by atoms with Crippen LogP contribution in [0.5, 0.6) is 0 Å². The van der Waals surface area contributed by atoms with E-state index in [9.17, 15) is 9.36 Å². The van der Waals surface area contributed by atoms with Crippen molar-refractivity contribution in [2.24, 2.45) is 5.73 Å². The molecule has 42 heavy (non-hydrogen) atoms. The van der Waals surface area contributed by atoms with Crippen LogP contribution in [0.3, 0.4) is 0 Å². The number of hydrogen-bond acceptors (Lipinski definition) is 4. The lowest BCUT2D eigenvalue weighted by molar-refractivity contribution is -0.118. The second kappa shape index (κ2) is 32.0. The Bertz CT molecular complexity index is 585. The lowest BCUT2D eigenvalue weighted by atomic mass is 10.1. The molecular formula is C36H74NO4P. The molecule has 1 unspecified atom stereocenters. The molecule has 0 aromatic heterocycles. The van der Waals surface area contributed by atoms with Gasteiger partial charge in [0.1, 0.15) is 5.66 Å². The highest BCUT2D eigenvalue weighted by Gasteiger charge is 2.39. The van der Waals surface area contributed by atoms with E-state index in [-0.39, 0.29) is 0 Å². The summed E-state index contributed by atoms with van der Waals surface area (Å²) in [6, 6.07) is 0. The smallest absolute Gasteiger partial charge is 0.343 e. The van der Waals surface area contributed by atoms with Crippen LogP contribution >= 0.6 is 7.60 Å². The van der Waals surface area contributed by atoms with Gasteiger partial charge in [-0.3, -0.25) is 9.36 Å². The van der Waals surface area contributed by atoms with Crippen molar-refractivity contribution in [1.82, 2.24) is 0 Å². The van der Waals surface area contributed by atoms with Gasteiger partial charge in [0.15, 0.2) is 0 Å². The average Bonchev–Trinajstić information content (AvgIpc) is 2.97. The Kier molecular flexibility index (Phi) is 31.7. The number of unbranched alkanes of at least 4 members (excludes halogenated alkanes) is 25. The van der Waals surface area contributed by atoms with E-state index < -0.39 is 19.2 Å². The fraction of sp³-hybridized carbons (Fsp3) is 0.972. The van der Waals surface area contributed by atoms with Crippen LogP contribution in [0.1, 0.15) is 207 Å². The molecule has 2 N–H and O–H groups in total. The molecule has 0 saturated carbocycles. The van der Waals surface area contributed by atoms with Crippen LogP contribution in [-0.4, -0.2) is 24.8 Å². The first-order valence-electron chi connectivity index (χ1n) is 18.7. The van der Waals surface area contributed by atoms with Gasteiger partial charge in [-0.25, -0.2) is 0 Å². The molecule has 252 valence electrons. The van der Waals surface area contributed by atoms with E-state index >= 15 is 0 Å². The highest BCUT2D eigenvalue weighted by Crippen LogP contribution is 2.55. The van der Waals surface area contributed by atoms with Gasteiger partial charge in [-0.2, -0.15) is 0 Å². The van der Waals surface area contributed by atoms with Gasteiger partial charge in [0, 0.05) is 0 Å². The molecule has 0 bridgehead atoms. The topological polar surface area (TPSA) is 78.6 Å². The number of primary amides is 1. The van der Waals surface area contributed by atoms with Gasteiger partial charge in [0.2, 0.25) is 5.91 Å². The first kappa shape index (κ1) is 41.6. The van der Waals surface area contributed by atoms with Gasteiger partial charge in [-0.1, -0.05) is 188 Å². The molecular weight excluding hydrogens is 541 g/mol. The summed E-state index contributed by atoms with van der Waals surface area (Å²) in [6.07, 6.45) is 34.5. The minimum atomic E-state index is -3.58. The van der Waals surface area contributed by atoms with Gasteiger partial charge < -0.3 is 14.8 Å². The maximum Gasteiger partial charge on any atom is 0.343 e. The van der Waals surface area contributed by atoms with Gasteiger partial charge in [-0.15, -0.1) is 0 Å². The van der Waals surface area contributed by atoms with Crippen molar-refractivity contribution in [2.75, 3.05) is 13.2 Å². The molecule has 5 nitrogen and oxygen atoms in total. The highest BCUT2D eigenvalue weighted by atomic mass is 31.2. The summed E-state index contributed by atoms with van der Waals surface area (Å²) < 4.78 is 25.9. The molecule has 1 amide bonds. The van der Waals surface area contributed by atoms with Crippen molar-refractivity contribution >= 4 is 13.5 Å². The van der Waals surface area contributed by atoms with E-state index in [1.807, 2.05) is 0 Å². The Morgan fingerprint density at radius 1 is 0.476 bits per heavy atom. The second-order valence-corrected chi connectivity index (χ2v) is 15.0. The van der Waals surface area contributed by atoms with Crippen molar-refractivity contribution in [2.45, 2.75) is 213 Å². The van der Waals surface area contributed by atoms with Crippen LogP contribution in [0.25, 0.3) is 0 Å². The van der Waals surface area contributed by atoms with Crippen LogP contribution < -0.4 is 5.73 Å². The summed E-state index contributed by atoms with van der Waals surface area (Å²) >= 11 is 0.